The average Bonchev–Trinajstić information content (AvgIpc) is 2.59. The van der Waals surface area contributed by atoms with Crippen molar-refractivity contribution < 1.29 is 0 Å². The quantitative estimate of drug-likeness (QED) is 0.677. The third kappa shape index (κ3) is 3.74. The van der Waals surface area contributed by atoms with Gasteiger partial charge < -0.3 is 10.6 Å². The van der Waals surface area contributed by atoms with Crippen molar-refractivity contribution in [2.75, 3.05) is 10.6 Å². The van der Waals surface area contributed by atoms with E-state index < -0.39 is 0 Å². The Hall–Kier alpha value is -2.81. The molecule has 0 bridgehead atoms. The second kappa shape index (κ2) is 7.18. The molecule has 2 aromatic carbocycles. The number of nitriles is 1. The van der Waals surface area contributed by atoms with E-state index in [1.807, 2.05) is 6.07 Å². The van der Waals surface area contributed by atoms with E-state index in [9.17, 15) is 0 Å². The van der Waals surface area contributed by atoms with Crippen molar-refractivity contribution in [3.05, 3.63) is 70.3 Å². The predicted octanol–water partition coefficient (Wildman–Crippen LogP) is 5.14. The predicted molar refractivity (Wildman–Crippen MR) is 96.2 cm³/mol. The molecule has 0 amide bonds. The Kier molecular flexibility index (Phi) is 4.80. The summed E-state index contributed by atoms with van der Waals surface area (Å²) < 4.78 is 0. The lowest BCUT2D eigenvalue weighted by molar-refractivity contribution is 1.16. The zero-order chi connectivity index (χ0) is 16.9. The van der Waals surface area contributed by atoms with Gasteiger partial charge in [0.15, 0.2) is 0 Å². The molecule has 1 aromatic heterocycles. The first-order valence-corrected chi connectivity index (χ1v) is 7.72. The van der Waals surface area contributed by atoms with Gasteiger partial charge in [0.05, 0.1) is 27.4 Å². The number of aromatic nitrogens is 2. The van der Waals surface area contributed by atoms with Gasteiger partial charge in [0.25, 0.3) is 0 Å². The minimum Gasteiger partial charge on any atom is -0.339 e. The highest BCUT2D eigenvalue weighted by Gasteiger charge is 2.06. The van der Waals surface area contributed by atoms with E-state index in [-0.39, 0.29) is 0 Å². The first kappa shape index (κ1) is 16.1. The maximum atomic E-state index is 8.94. The van der Waals surface area contributed by atoms with Crippen LogP contribution in [-0.2, 0) is 0 Å². The van der Waals surface area contributed by atoms with Crippen molar-refractivity contribution in [3.63, 3.8) is 0 Å². The summed E-state index contributed by atoms with van der Waals surface area (Å²) in [5, 5.41) is 16.0. The van der Waals surface area contributed by atoms with Crippen molar-refractivity contribution in [1.82, 2.24) is 9.97 Å². The molecule has 7 heteroatoms. The molecule has 0 atom stereocenters. The Labute approximate surface area is 148 Å². The molecule has 0 saturated heterocycles. The van der Waals surface area contributed by atoms with Crippen LogP contribution in [0, 0.1) is 11.3 Å². The number of halogens is 2. The van der Waals surface area contributed by atoms with Crippen molar-refractivity contribution in [1.29, 1.82) is 5.26 Å². The minimum atomic E-state index is 0.397. The molecular formula is C17H11Cl2N5. The van der Waals surface area contributed by atoms with Crippen LogP contribution in [0.25, 0.3) is 0 Å². The monoisotopic (exact) mass is 355 g/mol. The maximum absolute atomic E-state index is 8.94. The van der Waals surface area contributed by atoms with Gasteiger partial charge in [-0.25, -0.2) is 4.98 Å². The van der Waals surface area contributed by atoms with Crippen LogP contribution in [-0.4, -0.2) is 9.97 Å². The molecule has 0 fully saturated rings. The fourth-order valence-electron chi connectivity index (χ4n) is 2.02. The molecule has 0 radical (unpaired) electrons. The molecule has 0 aliphatic rings. The summed E-state index contributed by atoms with van der Waals surface area (Å²) >= 11 is 12.2. The molecule has 5 nitrogen and oxygen atoms in total. The van der Waals surface area contributed by atoms with Crippen LogP contribution in [0.3, 0.4) is 0 Å². The average molecular weight is 356 g/mol. The summed E-state index contributed by atoms with van der Waals surface area (Å²) in [6, 6.07) is 16.2. The van der Waals surface area contributed by atoms with Gasteiger partial charge in [-0.05, 0) is 36.4 Å². The first-order valence-electron chi connectivity index (χ1n) is 6.97. The fourth-order valence-corrected chi connectivity index (χ4v) is 2.37. The maximum Gasteiger partial charge on any atom is 0.229 e. The number of hydrogen-bond acceptors (Lipinski definition) is 5. The van der Waals surface area contributed by atoms with Crippen LogP contribution in [0.15, 0.2) is 54.7 Å². The molecular weight excluding hydrogens is 345 g/mol. The van der Waals surface area contributed by atoms with Crippen LogP contribution in [0.1, 0.15) is 5.56 Å². The molecule has 2 N–H and O–H groups in total. The van der Waals surface area contributed by atoms with Gasteiger partial charge in [-0.15, -0.1) is 0 Å². The van der Waals surface area contributed by atoms with Crippen LogP contribution in [0.5, 0.6) is 0 Å². The Morgan fingerprint density at radius 2 is 1.83 bits per heavy atom. The van der Waals surface area contributed by atoms with Gasteiger partial charge in [-0.3, -0.25) is 0 Å². The van der Waals surface area contributed by atoms with Crippen molar-refractivity contribution in [3.8, 4) is 6.07 Å². The molecule has 0 aliphatic heterocycles. The Morgan fingerprint density at radius 3 is 2.67 bits per heavy atom. The molecule has 0 spiro atoms. The summed E-state index contributed by atoms with van der Waals surface area (Å²) in [4.78, 5) is 8.54. The molecule has 118 valence electrons. The zero-order valence-electron chi connectivity index (χ0n) is 12.3. The number of nitrogens with one attached hydrogen (secondary N) is 2. The van der Waals surface area contributed by atoms with E-state index >= 15 is 0 Å². The molecule has 1 heterocycles. The van der Waals surface area contributed by atoms with Crippen molar-refractivity contribution in [2.45, 2.75) is 0 Å². The minimum absolute atomic E-state index is 0.397. The number of anilines is 4. The van der Waals surface area contributed by atoms with E-state index in [0.29, 0.717) is 33.1 Å². The third-order valence-electron chi connectivity index (χ3n) is 3.12. The summed E-state index contributed by atoms with van der Waals surface area (Å²) in [6.45, 7) is 0. The van der Waals surface area contributed by atoms with E-state index in [4.69, 9.17) is 28.5 Å². The number of hydrogen-bond donors (Lipinski definition) is 2. The van der Waals surface area contributed by atoms with Crippen LogP contribution in [0.4, 0.5) is 23.1 Å². The Morgan fingerprint density at radius 1 is 1.00 bits per heavy atom. The van der Waals surface area contributed by atoms with E-state index in [1.165, 1.54) is 0 Å². The van der Waals surface area contributed by atoms with E-state index in [1.54, 1.807) is 48.7 Å². The Bertz CT molecular complexity index is 921. The number of rotatable bonds is 4. The summed E-state index contributed by atoms with van der Waals surface area (Å²) in [6.07, 6.45) is 1.62. The Balaban J connectivity index is 1.81. The lowest BCUT2D eigenvalue weighted by Crippen LogP contribution is -2.00. The van der Waals surface area contributed by atoms with Crippen LogP contribution < -0.4 is 10.6 Å². The highest BCUT2D eigenvalue weighted by Crippen LogP contribution is 2.31. The highest BCUT2D eigenvalue weighted by atomic mass is 35.5. The zero-order valence-corrected chi connectivity index (χ0v) is 13.8. The smallest absolute Gasteiger partial charge is 0.229 e. The van der Waals surface area contributed by atoms with Gasteiger partial charge >= 0.3 is 0 Å². The molecule has 24 heavy (non-hydrogen) atoms. The van der Waals surface area contributed by atoms with Crippen molar-refractivity contribution in [2.24, 2.45) is 0 Å². The van der Waals surface area contributed by atoms with Gasteiger partial charge in [-0.2, -0.15) is 10.2 Å². The summed E-state index contributed by atoms with van der Waals surface area (Å²) in [5.74, 6) is 0.960. The standard InChI is InChI=1S/C17H11Cl2N5/c18-13-5-2-6-14(16(13)19)23-15-7-8-21-17(24-15)22-12-4-1-3-11(9-12)10-20/h1-9H,(H2,21,22,23,24). The third-order valence-corrected chi connectivity index (χ3v) is 3.94. The lowest BCUT2D eigenvalue weighted by Gasteiger charge is -2.10. The SMILES string of the molecule is N#Cc1cccc(Nc2nccc(Nc3cccc(Cl)c3Cl)n2)c1. The highest BCUT2D eigenvalue weighted by molar-refractivity contribution is 6.43. The normalized spacial score (nSPS) is 10.0. The van der Waals surface area contributed by atoms with E-state index in [0.717, 1.165) is 5.69 Å². The number of benzene rings is 2. The van der Waals surface area contributed by atoms with Crippen LogP contribution in [0.2, 0.25) is 10.0 Å². The van der Waals surface area contributed by atoms with Gasteiger partial charge in [-0.1, -0.05) is 35.3 Å². The second-order valence-electron chi connectivity index (χ2n) is 4.81. The fraction of sp³-hybridized carbons (Fsp3) is 0. The largest absolute Gasteiger partial charge is 0.339 e. The van der Waals surface area contributed by atoms with Crippen LogP contribution >= 0.6 is 23.2 Å². The summed E-state index contributed by atoms with van der Waals surface area (Å²) in [7, 11) is 0. The number of nitrogens with zero attached hydrogens (tertiary/aromatic N) is 3. The van der Waals surface area contributed by atoms with Gasteiger partial charge in [0, 0.05) is 11.9 Å². The van der Waals surface area contributed by atoms with E-state index in [2.05, 4.69) is 26.7 Å². The lowest BCUT2D eigenvalue weighted by atomic mass is 10.2. The molecule has 3 rings (SSSR count). The first-order chi connectivity index (χ1) is 11.7. The van der Waals surface area contributed by atoms with Gasteiger partial charge in [0.1, 0.15) is 5.82 Å². The molecule has 0 saturated carbocycles. The van der Waals surface area contributed by atoms with Crippen molar-refractivity contribution >= 4 is 46.3 Å². The molecule has 3 aromatic rings. The molecule has 0 aliphatic carbocycles. The summed E-state index contributed by atoms with van der Waals surface area (Å²) in [5.41, 5.74) is 1.94. The van der Waals surface area contributed by atoms with Gasteiger partial charge in [0.2, 0.25) is 5.95 Å². The second-order valence-corrected chi connectivity index (χ2v) is 5.59. The molecule has 0 unspecified atom stereocenters. The topological polar surface area (TPSA) is 73.6 Å².